The molecule has 0 saturated carbocycles. The standard InChI is InChI=1S/C14H11F3O2/c1-8-11(12(9(2)19-8)14(15,16)17)13(18)10-6-4-3-5-7-10/h3-7H,1-2H3. The van der Waals surface area contributed by atoms with Crippen LogP contribution in [0.4, 0.5) is 13.2 Å². The van der Waals surface area contributed by atoms with Gasteiger partial charge in [0.25, 0.3) is 0 Å². The first kappa shape index (κ1) is 13.4. The number of benzene rings is 1. The normalized spacial score (nSPS) is 11.6. The zero-order chi connectivity index (χ0) is 14.2. The van der Waals surface area contributed by atoms with Gasteiger partial charge in [-0.3, -0.25) is 4.79 Å². The molecule has 0 aliphatic rings. The lowest BCUT2D eigenvalue weighted by atomic mass is 9.99. The third kappa shape index (κ3) is 2.41. The summed E-state index contributed by atoms with van der Waals surface area (Å²) in [6, 6.07) is 7.84. The molecule has 0 atom stereocenters. The number of halogens is 3. The quantitative estimate of drug-likeness (QED) is 0.766. The van der Waals surface area contributed by atoms with Crippen LogP contribution in [0.3, 0.4) is 0 Å². The van der Waals surface area contributed by atoms with Gasteiger partial charge in [-0.05, 0) is 13.8 Å². The molecule has 5 heteroatoms. The number of hydrogen-bond acceptors (Lipinski definition) is 2. The Hall–Kier alpha value is -2.04. The highest BCUT2D eigenvalue weighted by atomic mass is 19.4. The number of rotatable bonds is 2. The second kappa shape index (κ2) is 4.57. The summed E-state index contributed by atoms with van der Waals surface area (Å²) < 4.78 is 43.9. The van der Waals surface area contributed by atoms with Crippen LogP contribution in [0.25, 0.3) is 0 Å². The highest BCUT2D eigenvalue weighted by Gasteiger charge is 2.41. The van der Waals surface area contributed by atoms with Crippen molar-refractivity contribution in [2.75, 3.05) is 0 Å². The van der Waals surface area contributed by atoms with E-state index in [0.29, 0.717) is 0 Å². The molecule has 0 amide bonds. The number of hydrogen-bond donors (Lipinski definition) is 0. The van der Waals surface area contributed by atoms with Crippen LogP contribution in [0.5, 0.6) is 0 Å². The molecule has 0 saturated heterocycles. The Balaban J connectivity index is 2.61. The van der Waals surface area contributed by atoms with Crippen molar-refractivity contribution in [2.24, 2.45) is 0 Å². The molecule has 0 fully saturated rings. The van der Waals surface area contributed by atoms with E-state index in [9.17, 15) is 18.0 Å². The summed E-state index contributed by atoms with van der Waals surface area (Å²) in [6.07, 6.45) is -4.61. The maximum absolute atomic E-state index is 13.0. The van der Waals surface area contributed by atoms with Gasteiger partial charge >= 0.3 is 6.18 Å². The summed E-state index contributed by atoms with van der Waals surface area (Å²) in [5.74, 6) is -0.981. The lowest BCUT2D eigenvalue weighted by Gasteiger charge is -2.08. The minimum Gasteiger partial charge on any atom is -0.465 e. The number of alkyl halides is 3. The number of carbonyl (C=O) groups is 1. The van der Waals surface area contributed by atoms with Crippen molar-refractivity contribution in [1.82, 2.24) is 0 Å². The van der Waals surface area contributed by atoms with Crippen molar-refractivity contribution in [2.45, 2.75) is 20.0 Å². The molecule has 0 aliphatic carbocycles. The minimum absolute atomic E-state index is 0.0151. The number of carbonyl (C=O) groups excluding carboxylic acids is 1. The second-order valence-electron chi connectivity index (χ2n) is 4.16. The molecule has 2 rings (SSSR count). The molecule has 0 unspecified atom stereocenters. The van der Waals surface area contributed by atoms with E-state index in [1.807, 2.05) is 0 Å². The molecular weight excluding hydrogens is 257 g/mol. The second-order valence-corrected chi connectivity index (χ2v) is 4.16. The number of ketones is 1. The van der Waals surface area contributed by atoms with E-state index < -0.39 is 23.1 Å². The number of aryl methyl sites for hydroxylation is 2. The molecule has 0 spiro atoms. The van der Waals surface area contributed by atoms with Crippen molar-refractivity contribution in [1.29, 1.82) is 0 Å². The number of furan rings is 1. The summed E-state index contributed by atoms with van der Waals surface area (Å²) in [7, 11) is 0. The molecule has 0 N–H and O–H groups in total. The maximum Gasteiger partial charge on any atom is 0.420 e. The highest BCUT2D eigenvalue weighted by Crippen LogP contribution is 2.38. The van der Waals surface area contributed by atoms with Gasteiger partial charge in [-0.15, -0.1) is 0 Å². The molecule has 0 bridgehead atoms. The summed E-state index contributed by atoms with van der Waals surface area (Å²) in [6.45, 7) is 2.57. The third-order valence-corrected chi connectivity index (χ3v) is 2.81. The van der Waals surface area contributed by atoms with Crippen LogP contribution in [-0.2, 0) is 6.18 Å². The minimum atomic E-state index is -4.61. The van der Waals surface area contributed by atoms with Gasteiger partial charge in [0.2, 0.25) is 0 Å². The van der Waals surface area contributed by atoms with Crippen LogP contribution >= 0.6 is 0 Å². The zero-order valence-electron chi connectivity index (χ0n) is 10.3. The van der Waals surface area contributed by atoms with Gasteiger partial charge in [0, 0.05) is 5.56 Å². The highest BCUT2D eigenvalue weighted by molar-refractivity contribution is 6.10. The fraction of sp³-hybridized carbons (Fsp3) is 0.214. The van der Waals surface area contributed by atoms with Crippen molar-refractivity contribution in [3.63, 3.8) is 0 Å². The summed E-state index contributed by atoms with van der Waals surface area (Å²) in [4.78, 5) is 12.2. The monoisotopic (exact) mass is 268 g/mol. The Kier molecular flexibility index (Phi) is 3.22. The molecule has 2 nitrogen and oxygen atoms in total. The van der Waals surface area contributed by atoms with E-state index in [2.05, 4.69) is 0 Å². The van der Waals surface area contributed by atoms with E-state index in [-0.39, 0.29) is 17.1 Å². The van der Waals surface area contributed by atoms with Gasteiger partial charge in [-0.1, -0.05) is 30.3 Å². The Morgan fingerprint density at radius 2 is 1.63 bits per heavy atom. The van der Waals surface area contributed by atoms with E-state index >= 15 is 0 Å². The lowest BCUT2D eigenvalue weighted by molar-refractivity contribution is -0.138. The predicted octanol–water partition coefficient (Wildman–Crippen LogP) is 4.15. The van der Waals surface area contributed by atoms with Gasteiger partial charge in [0.15, 0.2) is 5.78 Å². The van der Waals surface area contributed by atoms with Crippen LogP contribution < -0.4 is 0 Å². The van der Waals surface area contributed by atoms with Crippen molar-refractivity contribution >= 4 is 5.78 Å². The van der Waals surface area contributed by atoms with Crippen LogP contribution in [0, 0.1) is 13.8 Å². The average Bonchev–Trinajstić information content (AvgIpc) is 2.64. The molecule has 0 radical (unpaired) electrons. The first-order valence-electron chi connectivity index (χ1n) is 5.59. The van der Waals surface area contributed by atoms with E-state index in [0.717, 1.165) is 0 Å². The summed E-state index contributed by atoms with van der Waals surface area (Å²) in [5.41, 5.74) is -1.19. The molecule has 100 valence electrons. The van der Waals surface area contributed by atoms with Crippen LogP contribution in [0.15, 0.2) is 34.7 Å². The largest absolute Gasteiger partial charge is 0.465 e. The fourth-order valence-corrected chi connectivity index (χ4v) is 2.03. The smallest absolute Gasteiger partial charge is 0.420 e. The van der Waals surface area contributed by atoms with E-state index in [1.54, 1.807) is 18.2 Å². The van der Waals surface area contributed by atoms with Crippen LogP contribution in [0.2, 0.25) is 0 Å². The molecule has 19 heavy (non-hydrogen) atoms. The Morgan fingerprint density at radius 3 is 2.16 bits per heavy atom. The average molecular weight is 268 g/mol. The molecule has 1 aromatic carbocycles. The Labute approximate surface area is 107 Å². The van der Waals surface area contributed by atoms with Crippen molar-refractivity contribution < 1.29 is 22.4 Å². The Morgan fingerprint density at radius 1 is 1.05 bits per heavy atom. The first-order valence-corrected chi connectivity index (χ1v) is 5.59. The van der Waals surface area contributed by atoms with Crippen LogP contribution in [0.1, 0.15) is 33.0 Å². The van der Waals surface area contributed by atoms with Gasteiger partial charge in [0.1, 0.15) is 17.1 Å². The van der Waals surface area contributed by atoms with Gasteiger partial charge in [-0.25, -0.2) is 0 Å². The zero-order valence-corrected chi connectivity index (χ0v) is 10.3. The predicted molar refractivity (Wildman–Crippen MR) is 63.1 cm³/mol. The summed E-state index contributed by atoms with van der Waals surface area (Å²) in [5, 5.41) is 0. The van der Waals surface area contributed by atoms with Crippen molar-refractivity contribution in [3.05, 3.63) is 58.5 Å². The molecule has 2 aromatic rings. The summed E-state index contributed by atoms with van der Waals surface area (Å²) >= 11 is 0. The molecule has 1 heterocycles. The lowest BCUT2D eigenvalue weighted by Crippen LogP contribution is -2.13. The van der Waals surface area contributed by atoms with E-state index in [1.165, 1.54) is 26.0 Å². The van der Waals surface area contributed by atoms with Gasteiger partial charge < -0.3 is 4.42 Å². The van der Waals surface area contributed by atoms with E-state index in [4.69, 9.17) is 4.42 Å². The maximum atomic E-state index is 13.0. The van der Waals surface area contributed by atoms with Gasteiger partial charge in [0.05, 0.1) is 5.56 Å². The SMILES string of the molecule is Cc1oc(C)c(C(F)(F)F)c1C(=O)c1ccccc1. The van der Waals surface area contributed by atoms with Crippen molar-refractivity contribution in [3.8, 4) is 0 Å². The Bertz CT molecular complexity index is 610. The first-order chi connectivity index (χ1) is 8.82. The molecular formula is C14H11F3O2. The topological polar surface area (TPSA) is 30.2 Å². The van der Waals surface area contributed by atoms with Gasteiger partial charge in [-0.2, -0.15) is 13.2 Å². The van der Waals surface area contributed by atoms with Crippen LogP contribution in [-0.4, -0.2) is 5.78 Å². The fourth-order valence-electron chi connectivity index (χ4n) is 2.03. The molecule has 1 aromatic heterocycles. The molecule has 0 aliphatic heterocycles. The third-order valence-electron chi connectivity index (χ3n) is 2.81.